The summed E-state index contributed by atoms with van der Waals surface area (Å²) in [5.41, 5.74) is 0.542. The molecule has 1 aromatic carbocycles. The Labute approximate surface area is 138 Å². The second kappa shape index (κ2) is 7.47. The van der Waals surface area contributed by atoms with Gasteiger partial charge in [-0.3, -0.25) is 9.59 Å². The van der Waals surface area contributed by atoms with Gasteiger partial charge in [-0.25, -0.2) is 0 Å². The molecule has 0 aliphatic rings. The maximum atomic E-state index is 11.9. The van der Waals surface area contributed by atoms with E-state index in [0.717, 1.165) is 5.76 Å². The maximum Gasteiger partial charge on any atom is 0.313 e. The van der Waals surface area contributed by atoms with E-state index in [2.05, 4.69) is 10.6 Å². The third-order valence-corrected chi connectivity index (χ3v) is 3.35. The van der Waals surface area contributed by atoms with Crippen LogP contribution in [-0.2, 0) is 16.0 Å². The molecule has 23 heavy (non-hydrogen) atoms. The lowest BCUT2D eigenvalue weighted by molar-refractivity contribution is -0.136. The number of nitriles is 1. The van der Waals surface area contributed by atoms with Crippen LogP contribution in [-0.4, -0.2) is 17.9 Å². The van der Waals surface area contributed by atoms with Crippen LogP contribution in [0.4, 0.5) is 5.69 Å². The molecule has 7 heteroatoms. The Hall–Kier alpha value is -2.78. The normalized spacial score (nSPS) is 11.3. The number of carbonyl (C=O) groups is 2. The standard InChI is InChI=1S/C16H14ClN3O3/c1-10(7-13-3-2-6-23-13)19-15(21)16(22)20-12-4-5-14(17)11(8-12)9-18/h2-6,8,10H,7H2,1H3,(H,19,21)(H,20,22). The smallest absolute Gasteiger partial charge is 0.313 e. The van der Waals surface area contributed by atoms with Crippen LogP contribution >= 0.6 is 11.6 Å². The van der Waals surface area contributed by atoms with Gasteiger partial charge in [0.05, 0.1) is 16.8 Å². The molecule has 0 bridgehead atoms. The molecule has 0 saturated carbocycles. The zero-order chi connectivity index (χ0) is 16.8. The van der Waals surface area contributed by atoms with E-state index in [1.54, 1.807) is 25.3 Å². The summed E-state index contributed by atoms with van der Waals surface area (Å²) < 4.78 is 5.18. The highest BCUT2D eigenvalue weighted by Gasteiger charge is 2.17. The first kappa shape index (κ1) is 16.6. The molecule has 118 valence electrons. The molecule has 1 atom stereocenters. The summed E-state index contributed by atoms with van der Waals surface area (Å²) in [6.45, 7) is 1.77. The first-order chi connectivity index (χ1) is 11.0. The lowest BCUT2D eigenvalue weighted by Gasteiger charge is -2.12. The molecule has 2 amide bonds. The minimum Gasteiger partial charge on any atom is -0.469 e. The number of hydrogen-bond acceptors (Lipinski definition) is 4. The molecule has 1 unspecified atom stereocenters. The summed E-state index contributed by atoms with van der Waals surface area (Å²) in [6, 6.07) is 9.58. The van der Waals surface area contributed by atoms with Crippen molar-refractivity contribution in [3.05, 3.63) is 52.9 Å². The zero-order valence-corrected chi connectivity index (χ0v) is 13.1. The molecule has 0 spiro atoms. The molecule has 0 radical (unpaired) electrons. The average molecular weight is 332 g/mol. The van der Waals surface area contributed by atoms with E-state index in [9.17, 15) is 9.59 Å². The van der Waals surface area contributed by atoms with Gasteiger partial charge in [0, 0.05) is 18.2 Å². The van der Waals surface area contributed by atoms with Gasteiger partial charge in [-0.2, -0.15) is 5.26 Å². The number of rotatable bonds is 4. The predicted octanol–water partition coefficient (Wildman–Crippen LogP) is 2.49. The lowest BCUT2D eigenvalue weighted by Crippen LogP contribution is -2.41. The van der Waals surface area contributed by atoms with Gasteiger partial charge in [0.25, 0.3) is 0 Å². The van der Waals surface area contributed by atoms with E-state index >= 15 is 0 Å². The first-order valence-corrected chi connectivity index (χ1v) is 7.21. The number of nitrogens with zero attached hydrogens (tertiary/aromatic N) is 1. The number of furan rings is 1. The Morgan fingerprint density at radius 3 is 2.78 bits per heavy atom. The van der Waals surface area contributed by atoms with Crippen LogP contribution in [0.15, 0.2) is 41.0 Å². The largest absolute Gasteiger partial charge is 0.469 e. The molecule has 1 heterocycles. The summed E-state index contributed by atoms with van der Waals surface area (Å²) in [5.74, 6) is -0.866. The Morgan fingerprint density at radius 1 is 1.35 bits per heavy atom. The topological polar surface area (TPSA) is 95.1 Å². The minimum absolute atomic E-state index is 0.219. The van der Waals surface area contributed by atoms with Crippen LogP contribution in [0.25, 0.3) is 0 Å². The van der Waals surface area contributed by atoms with Crippen molar-refractivity contribution >= 4 is 29.1 Å². The fourth-order valence-electron chi connectivity index (χ4n) is 1.95. The fourth-order valence-corrected chi connectivity index (χ4v) is 2.11. The maximum absolute atomic E-state index is 11.9. The quantitative estimate of drug-likeness (QED) is 0.841. The average Bonchev–Trinajstić information content (AvgIpc) is 3.01. The second-order valence-electron chi connectivity index (χ2n) is 4.92. The molecule has 0 aliphatic heterocycles. The summed E-state index contributed by atoms with van der Waals surface area (Å²) in [7, 11) is 0. The third kappa shape index (κ3) is 4.59. The van der Waals surface area contributed by atoms with Crippen LogP contribution in [0.1, 0.15) is 18.2 Å². The summed E-state index contributed by atoms with van der Waals surface area (Å²) in [4.78, 5) is 23.7. The van der Waals surface area contributed by atoms with E-state index in [4.69, 9.17) is 21.3 Å². The molecule has 2 rings (SSSR count). The van der Waals surface area contributed by atoms with Crippen LogP contribution in [0.2, 0.25) is 5.02 Å². The van der Waals surface area contributed by atoms with Crippen molar-refractivity contribution in [2.24, 2.45) is 0 Å². The molecule has 6 nitrogen and oxygen atoms in total. The van der Waals surface area contributed by atoms with Crippen molar-refractivity contribution < 1.29 is 14.0 Å². The van der Waals surface area contributed by atoms with Crippen molar-refractivity contribution in [2.75, 3.05) is 5.32 Å². The zero-order valence-electron chi connectivity index (χ0n) is 12.3. The summed E-state index contributed by atoms with van der Waals surface area (Å²) in [6.07, 6.45) is 2.02. The highest BCUT2D eigenvalue weighted by molar-refractivity contribution is 6.39. The molecule has 2 N–H and O–H groups in total. The monoisotopic (exact) mass is 331 g/mol. The van der Waals surface area contributed by atoms with Gasteiger partial charge in [-0.1, -0.05) is 11.6 Å². The fraction of sp³-hybridized carbons (Fsp3) is 0.188. The van der Waals surface area contributed by atoms with Crippen LogP contribution in [0.5, 0.6) is 0 Å². The van der Waals surface area contributed by atoms with Gasteiger partial charge in [0.2, 0.25) is 0 Å². The van der Waals surface area contributed by atoms with Crippen LogP contribution < -0.4 is 10.6 Å². The predicted molar refractivity (Wildman–Crippen MR) is 84.8 cm³/mol. The Kier molecular flexibility index (Phi) is 5.39. The summed E-state index contributed by atoms with van der Waals surface area (Å²) >= 11 is 5.81. The van der Waals surface area contributed by atoms with Crippen LogP contribution in [0.3, 0.4) is 0 Å². The Morgan fingerprint density at radius 2 is 2.13 bits per heavy atom. The number of hydrogen-bond donors (Lipinski definition) is 2. The number of amides is 2. The van der Waals surface area contributed by atoms with Gasteiger partial charge < -0.3 is 15.1 Å². The van der Waals surface area contributed by atoms with Gasteiger partial charge >= 0.3 is 11.8 Å². The Balaban J connectivity index is 1.92. The number of halogens is 1. The number of benzene rings is 1. The van der Waals surface area contributed by atoms with E-state index in [1.807, 2.05) is 6.07 Å². The van der Waals surface area contributed by atoms with Crippen molar-refractivity contribution in [2.45, 2.75) is 19.4 Å². The van der Waals surface area contributed by atoms with Crippen molar-refractivity contribution in [3.63, 3.8) is 0 Å². The summed E-state index contributed by atoms with van der Waals surface area (Å²) in [5, 5.41) is 14.2. The number of carbonyl (C=O) groups excluding carboxylic acids is 2. The van der Waals surface area contributed by atoms with Crippen molar-refractivity contribution in [1.29, 1.82) is 5.26 Å². The van der Waals surface area contributed by atoms with E-state index in [0.29, 0.717) is 12.1 Å². The molecule has 0 fully saturated rings. The Bertz CT molecular complexity index is 750. The SMILES string of the molecule is CC(Cc1ccco1)NC(=O)C(=O)Nc1ccc(Cl)c(C#N)c1. The molecule has 0 saturated heterocycles. The molecular weight excluding hydrogens is 318 g/mol. The van der Waals surface area contributed by atoms with Gasteiger partial charge in [0.1, 0.15) is 11.8 Å². The first-order valence-electron chi connectivity index (χ1n) is 6.83. The van der Waals surface area contributed by atoms with Gasteiger partial charge in [-0.05, 0) is 37.3 Å². The van der Waals surface area contributed by atoms with E-state index in [1.165, 1.54) is 18.2 Å². The highest BCUT2D eigenvalue weighted by atomic mass is 35.5. The van der Waals surface area contributed by atoms with Gasteiger partial charge in [-0.15, -0.1) is 0 Å². The third-order valence-electron chi connectivity index (χ3n) is 3.02. The van der Waals surface area contributed by atoms with Crippen LogP contribution in [0, 0.1) is 11.3 Å². The number of anilines is 1. The van der Waals surface area contributed by atoms with E-state index < -0.39 is 11.8 Å². The van der Waals surface area contributed by atoms with Crippen molar-refractivity contribution in [1.82, 2.24) is 5.32 Å². The number of nitrogens with one attached hydrogen (secondary N) is 2. The molecular formula is C16H14ClN3O3. The molecule has 1 aromatic heterocycles. The van der Waals surface area contributed by atoms with Gasteiger partial charge in [0.15, 0.2) is 0 Å². The second-order valence-corrected chi connectivity index (χ2v) is 5.33. The molecule has 2 aromatic rings. The lowest BCUT2D eigenvalue weighted by atomic mass is 10.2. The minimum atomic E-state index is -0.817. The highest BCUT2D eigenvalue weighted by Crippen LogP contribution is 2.19. The van der Waals surface area contributed by atoms with E-state index in [-0.39, 0.29) is 16.6 Å². The van der Waals surface area contributed by atoms with Crippen molar-refractivity contribution in [3.8, 4) is 6.07 Å². The molecule has 0 aliphatic carbocycles.